The van der Waals surface area contributed by atoms with Crippen LogP contribution in [-0.4, -0.2) is 0 Å². The van der Waals surface area contributed by atoms with Crippen LogP contribution in [-0.2, 0) is 17.3 Å². The third kappa shape index (κ3) is 1.97. The second-order valence-electron chi connectivity index (χ2n) is 6.82. The number of hydrogen-bond donors (Lipinski definition) is 0. The van der Waals surface area contributed by atoms with E-state index < -0.39 is 0 Å². The van der Waals surface area contributed by atoms with E-state index in [1.165, 1.54) is 29.5 Å². The lowest BCUT2D eigenvalue weighted by Gasteiger charge is -2.42. The zero-order chi connectivity index (χ0) is 13.6. The highest BCUT2D eigenvalue weighted by Gasteiger charge is 2.37. The quantitative estimate of drug-likeness (QED) is 0.630. The minimum Gasteiger partial charge on any atom is -0.115 e. The van der Waals surface area contributed by atoms with Crippen molar-refractivity contribution in [2.75, 3.05) is 0 Å². The van der Waals surface area contributed by atoms with Gasteiger partial charge in [-0.3, -0.25) is 0 Å². The van der Waals surface area contributed by atoms with E-state index in [4.69, 9.17) is 6.42 Å². The van der Waals surface area contributed by atoms with Crippen molar-refractivity contribution >= 4 is 0 Å². The van der Waals surface area contributed by atoms with Gasteiger partial charge in [0.25, 0.3) is 0 Å². The lowest BCUT2D eigenvalue weighted by Crippen LogP contribution is -2.34. The fourth-order valence-corrected chi connectivity index (χ4v) is 3.09. The van der Waals surface area contributed by atoms with Crippen LogP contribution in [0.4, 0.5) is 0 Å². The molecule has 0 aliphatic heterocycles. The standard InChI is InChI=1S/C18H24/c1-7-13-11-15-16(12-14(13)8-2)18(5,6)10-9-17(15,3)4/h1,11-12H,8-10H2,2-6H3. The number of aryl methyl sites for hydroxylation is 1. The SMILES string of the molecule is C#Cc1cc2c(cc1CC)C(C)(C)CCC2(C)C. The molecule has 0 nitrogen and oxygen atoms in total. The minimum absolute atomic E-state index is 0.253. The van der Waals surface area contributed by atoms with Crippen molar-refractivity contribution in [1.82, 2.24) is 0 Å². The van der Waals surface area contributed by atoms with Crippen LogP contribution in [0.3, 0.4) is 0 Å². The molecule has 0 spiro atoms. The molecule has 0 unspecified atom stereocenters. The Morgan fingerprint density at radius 2 is 1.56 bits per heavy atom. The Balaban J connectivity index is 2.73. The molecule has 1 aromatic carbocycles. The lowest BCUT2D eigenvalue weighted by molar-refractivity contribution is 0.331. The maximum atomic E-state index is 5.67. The molecule has 0 saturated carbocycles. The highest BCUT2D eigenvalue weighted by molar-refractivity contribution is 5.51. The minimum atomic E-state index is 0.253. The summed E-state index contributed by atoms with van der Waals surface area (Å²) in [6.45, 7) is 11.6. The first-order chi connectivity index (χ1) is 8.31. The number of hydrogen-bond acceptors (Lipinski definition) is 0. The van der Waals surface area contributed by atoms with Crippen molar-refractivity contribution in [3.05, 3.63) is 34.4 Å². The smallest absolute Gasteiger partial charge is 0.0277 e. The van der Waals surface area contributed by atoms with E-state index in [0.717, 1.165) is 12.0 Å². The summed E-state index contributed by atoms with van der Waals surface area (Å²) >= 11 is 0. The largest absolute Gasteiger partial charge is 0.115 e. The number of benzene rings is 1. The Morgan fingerprint density at radius 1 is 1.06 bits per heavy atom. The van der Waals surface area contributed by atoms with E-state index in [0.29, 0.717) is 0 Å². The van der Waals surface area contributed by atoms with Crippen molar-refractivity contribution in [3.63, 3.8) is 0 Å². The van der Waals surface area contributed by atoms with E-state index in [9.17, 15) is 0 Å². The monoisotopic (exact) mass is 240 g/mol. The molecule has 0 radical (unpaired) electrons. The van der Waals surface area contributed by atoms with Crippen molar-refractivity contribution < 1.29 is 0 Å². The summed E-state index contributed by atoms with van der Waals surface area (Å²) in [4.78, 5) is 0. The fraction of sp³-hybridized carbons (Fsp3) is 0.556. The fourth-order valence-electron chi connectivity index (χ4n) is 3.09. The normalized spacial score (nSPS) is 20.0. The van der Waals surface area contributed by atoms with E-state index in [1.54, 1.807) is 0 Å². The molecule has 0 atom stereocenters. The van der Waals surface area contributed by atoms with Gasteiger partial charge in [-0.15, -0.1) is 6.42 Å². The van der Waals surface area contributed by atoms with Gasteiger partial charge in [0.15, 0.2) is 0 Å². The molecule has 1 aliphatic rings. The van der Waals surface area contributed by atoms with E-state index in [2.05, 4.69) is 52.7 Å². The molecule has 0 saturated heterocycles. The summed E-state index contributed by atoms with van der Waals surface area (Å²) in [6, 6.07) is 4.64. The zero-order valence-corrected chi connectivity index (χ0v) is 12.4. The summed E-state index contributed by atoms with van der Waals surface area (Å²) in [6.07, 6.45) is 9.18. The van der Waals surface area contributed by atoms with Gasteiger partial charge in [0.05, 0.1) is 0 Å². The van der Waals surface area contributed by atoms with Gasteiger partial charge in [0.1, 0.15) is 0 Å². The summed E-state index contributed by atoms with van der Waals surface area (Å²) in [5.41, 5.74) is 5.91. The van der Waals surface area contributed by atoms with Crippen LogP contribution in [0.2, 0.25) is 0 Å². The van der Waals surface area contributed by atoms with E-state index in [1.807, 2.05) is 0 Å². The summed E-state index contributed by atoms with van der Waals surface area (Å²) in [5.74, 6) is 2.86. The van der Waals surface area contributed by atoms with Crippen LogP contribution in [0, 0.1) is 12.3 Å². The van der Waals surface area contributed by atoms with Gasteiger partial charge < -0.3 is 0 Å². The predicted octanol–water partition coefficient (Wildman–Crippen LogP) is 4.58. The molecular weight excluding hydrogens is 216 g/mol. The van der Waals surface area contributed by atoms with E-state index >= 15 is 0 Å². The van der Waals surface area contributed by atoms with Gasteiger partial charge in [0.2, 0.25) is 0 Å². The maximum Gasteiger partial charge on any atom is 0.0277 e. The predicted molar refractivity (Wildman–Crippen MR) is 79.0 cm³/mol. The molecule has 0 fully saturated rings. The van der Waals surface area contributed by atoms with Crippen LogP contribution in [0.15, 0.2) is 12.1 Å². The van der Waals surface area contributed by atoms with Gasteiger partial charge >= 0.3 is 0 Å². The Labute approximate surface area is 112 Å². The first kappa shape index (κ1) is 13.2. The van der Waals surface area contributed by atoms with Gasteiger partial charge in [-0.05, 0) is 52.8 Å². The summed E-state index contributed by atoms with van der Waals surface area (Å²) < 4.78 is 0. The second-order valence-corrected chi connectivity index (χ2v) is 6.82. The Hall–Kier alpha value is -1.22. The highest BCUT2D eigenvalue weighted by Crippen LogP contribution is 2.46. The third-order valence-corrected chi connectivity index (χ3v) is 4.61. The molecule has 0 N–H and O–H groups in total. The second kappa shape index (κ2) is 4.16. The molecule has 0 heterocycles. The third-order valence-electron chi connectivity index (χ3n) is 4.61. The van der Waals surface area contributed by atoms with Crippen molar-refractivity contribution in [3.8, 4) is 12.3 Å². The number of terminal acetylenes is 1. The molecule has 2 rings (SSSR count). The lowest BCUT2D eigenvalue weighted by atomic mass is 9.62. The van der Waals surface area contributed by atoms with Crippen LogP contribution in [0.25, 0.3) is 0 Å². The highest BCUT2D eigenvalue weighted by atomic mass is 14.4. The van der Waals surface area contributed by atoms with Gasteiger partial charge in [-0.2, -0.15) is 0 Å². The van der Waals surface area contributed by atoms with Crippen molar-refractivity contribution in [2.45, 2.75) is 64.7 Å². The van der Waals surface area contributed by atoms with Crippen LogP contribution in [0.1, 0.15) is 69.7 Å². The maximum absolute atomic E-state index is 5.67. The van der Waals surface area contributed by atoms with Crippen molar-refractivity contribution in [1.29, 1.82) is 0 Å². The molecule has 0 bridgehead atoms. The molecule has 96 valence electrons. The first-order valence-corrected chi connectivity index (χ1v) is 6.96. The van der Waals surface area contributed by atoms with E-state index in [-0.39, 0.29) is 10.8 Å². The number of rotatable bonds is 1. The van der Waals surface area contributed by atoms with Gasteiger partial charge in [-0.1, -0.05) is 46.6 Å². The molecule has 0 aromatic heterocycles. The van der Waals surface area contributed by atoms with Crippen LogP contribution in [0.5, 0.6) is 0 Å². The Bertz CT molecular complexity index is 510. The van der Waals surface area contributed by atoms with Crippen LogP contribution < -0.4 is 0 Å². The Kier molecular flexibility index (Phi) is 3.06. The van der Waals surface area contributed by atoms with Crippen LogP contribution >= 0.6 is 0 Å². The summed E-state index contributed by atoms with van der Waals surface area (Å²) in [5, 5.41) is 0. The van der Waals surface area contributed by atoms with Crippen molar-refractivity contribution in [2.24, 2.45) is 0 Å². The zero-order valence-electron chi connectivity index (χ0n) is 12.4. The molecule has 0 amide bonds. The summed E-state index contributed by atoms with van der Waals surface area (Å²) in [7, 11) is 0. The molecule has 0 heteroatoms. The van der Waals surface area contributed by atoms with Gasteiger partial charge in [-0.25, -0.2) is 0 Å². The molecular formula is C18H24. The Morgan fingerprint density at radius 3 is 2.00 bits per heavy atom. The average molecular weight is 240 g/mol. The first-order valence-electron chi connectivity index (χ1n) is 6.96. The topological polar surface area (TPSA) is 0 Å². The van der Waals surface area contributed by atoms with Gasteiger partial charge in [0, 0.05) is 5.56 Å². The molecule has 1 aromatic rings. The molecule has 18 heavy (non-hydrogen) atoms. The molecule has 1 aliphatic carbocycles. The average Bonchev–Trinajstić information content (AvgIpc) is 2.33. The number of fused-ring (bicyclic) bond motifs is 1.